The Morgan fingerprint density at radius 2 is 2.00 bits per heavy atom. The van der Waals surface area contributed by atoms with E-state index in [0.29, 0.717) is 12.0 Å². The zero-order valence-corrected chi connectivity index (χ0v) is 13.2. The van der Waals surface area contributed by atoms with Gasteiger partial charge in [-0.25, -0.2) is 0 Å². The quantitative estimate of drug-likeness (QED) is 0.630. The van der Waals surface area contributed by atoms with E-state index in [1.807, 2.05) is 36.6 Å². The molecule has 2 heterocycles. The van der Waals surface area contributed by atoms with Gasteiger partial charge in [0, 0.05) is 29.1 Å². The SMILES string of the molecule is Cc1ccsc1/C=C/C(=O)c1ccc(N2CCCC2=O)cc1. The monoisotopic (exact) mass is 311 g/mol. The van der Waals surface area contributed by atoms with Crippen molar-refractivity contribution in [3.8, 4) is 0 Å². The van der Waals surface area contributed by atoms with Gasteiger partial charge in [0.15, 0.2) is 5.78 Å². The van der Waals surface area contributed by atoms with Crippen LogP contribution in [0.3, 0.4) is 0 Å². The standard InChI is InChI=1S/C18H17NO2S/c1-13-10-12-22-17(13)9-8-16(20)14-4-6-15(7-5-14)19-11-2-3-18(19)21/h4-10,12H,2-3,11H2,1H3/b9-8+. The van der Waals surface area contributed by atoms with Gasteiger partial charge in [0.1, 0.15) is 0 Å². The number of nitrogens with zero attached hydrogens (tertiary/aromatic N) is 1. The summed E-state index contributed by atoms with van der Waals surface area (Å²) in [7, 11) is 0. The molecule has 0 N–H and O–H groups in total. The van der Waals surface area contributed by atoms with Crippen molar-refractivity contribution in [1.82, 2.24) is 0 Å². The van der Waals surface area contributed by atoms with Gasteiger partial charge in [-0.3, -0.25) is 9.59 Å². The topological polar surface area (TPSA) is 37.4 Å². The number of hydrogen-bond acceptors (Lipinski definition) is 3. The lowest BCUT2D eigenvalue weighted by molar-refractivity contribution is -0.117. The van der Waals surface area contributed by atoms with E-state index >= 15 is 0 Å². The second-order valence-electron chi connectivity index (χ2n) is 5.36. The van der Waals surface area contributed by atoms with Gasteiger partial charge in [-0.1, -0.05) is 0 Å². The molecule has 1 aliphatic rings. The molecule has 112 valence electrons. The smallest absolute Gasteiger partial charge is 0.227 e. The van der Waals surface area contributed by atoms with E-state index in [4.69, 9.17) is 0 Å². The fourth-order valence-electron chi connectivity index (χ4n) is 2.53. The third-order valence-electron chi connectivity index (χ3n) is 3.82. The highest BCUT2D eigenvalue weighted by molar-refractivity contribution is 7.11. The first kappa shape index (κ1) is 14.7. The van der Waals surface area contributed by atoms with Gasteiger partial charge in [-0.05, 0) is 66.8 Å². The maximum atomic E-state index is 12.2. The van der Waals surface area contributed by atoms with Crippen LogP contribution in [0.2, 0.25) is 0 Å². The number of ketones is 1. The lowest BCUT2D eigenvalue weighted by Crippen LogP contribution is -2.23. The van der Waals surface area contributed by atoms with E-state index in [1.165, 1.54) is 5.56 Å². The van der Waals surface area contributed by atoms with Crippen LogP contribution in [0.15, 0.2) is 41.8 Å². The average Bonchev–Trinajstić information content (AvgIpc) is 3.13. The molecule has 1 saturated heterocycles. The Morgan fingerprint density at radius 3 is 2.59 bits per heavy atom. The summed E-state index contributed by atoms with van der Waals surface area (Å²) < 4.78 is 0. The van der Waals surface area contributed by atoms with E-state index in [0.717, 1.165) is 23.5 Å². The molecule has 0 bridgehead atoms. The van der Waals surface area contributed by atoms with E-state index in [-0.39, 0.29) is 11.7 Å². The third kappa shape index (κ3) is 3.02. The minimum atomic E-state index is -0.0212. The number of carbonyl (C=O) groups excluding carboxylic acids is 2. The predicted molar refractivity (Wildman–Crippen MR) is 90.4 cm³/mol. The lowest BCUT2D eigenvalue weighted by atomic mass is 10.1. The zero-order chi connectivity index (χ0) is 15.5. The number of amides is 1. The minimum absolute atomic E-state index is 0.0212. The second-order valence-corrected chi connectivity index (χ2v) is 6.31. The molecule has 0 unspecified atom stereocenters. The molecule has 0 spiro atoms. The first-order valence-corrected chi connectivity index (χ1v) is 8.20. The van der Waals surface area contributed by atoms with Crippen LogP contribution in [-0.4, -0.2) is 18.2 Å². The Kier molecular flexibility index (Phi) is 4.20. The molecule has 1 amide bonds. The van der Waals surface area contributed by atoms with Gasteiger partial charge in [0.2, 0.25) is 5.91 Å². The first-order chi connectivity index (χ1) is 10.6. The van der Waals surface area contributed by atoms with Gasteiger partial charge >= 0.3 is 0 Å². The highest BCUT2D eigenvalue weighted by Gasteiger charge is 2.21. The molecule has 3 nitrogen and oxygen atoms in total. The van der Waals surface area contributed by atoms with Crippen LogP contribution >= 0.6 is 11.3 Å². The molecule has 0 atom stereocenters. The highest BCUT2D eigenvalue weighted by Crippen LogP contribution is 2.22. The van der Waals surface area contributed by atoms with Crippen molar-refractivity contribution in [2.45, 2.75) is 19.8 Å². The van der Waals surface area contributed by atoms with Crippen molar-refractivity contribution >= 4 is 34.8 Å². The summed E-state index contributed by atoms with van der Waals surface area (Å²) in [5.41, 5.74) is 2.69. The summed E-state index contributed by atoms with van der Waals surface area (Å²) in [4.78, 5) is 26.8. The van der Waals surface area contributed by atoms with Crippen molar-refractivity contribution in [1.29, 1.82) is 0 Å². The largest absolute Gasteiger partial charge is 0.312 e. The fraction of sp³-hybridized carbons (Fsp3) is 0.222. The molecule has 1 aromatic carbocycles. The van der Waals surface area contributed by atoms with Crippen molar-refractivity contribution in [2.75, 3.05) is 11.4 Å². The Balaban J connectivity index is 1.72. The van der Waals surface area contributed by atoms with Gasteiger partial charge in [-0.2, -0.15) is 0 Å². The average molecular weight is 311 g/mol. The molecule has 0 saturated carbocycles. The Morgan fingerprint density at radius 1 is 1.23 bits per heavy atom. The number of aryl methyl sites for hydroxylation is 1. The van der Waals surface area contributed by atoms with Gasteiger partial charge in [0.05, 0.1) is 0 Å². The first-order valence-electron chi connectivity index (χ1n) is 7.32. The highest BCUT2D eigenvalue weighted by atomic mass is 32.1. The number of hydrogen-bond donors (Lipinski definition) is 0. The number of allylic oxidation sites excluding steroid dienone is 1. The van der Waals surface area contributed by atoms with Crippen molar-refractivity contribution in [2.24, 2.45) is 0 Å². The molecule has 3 rings (SSSR count). The third-order valence-corrected chi connectivity index (χ3v) is 4.81. The van der Waals surface area contributed by atoms with Crippen molar-refractivity contribution in [3.63, 3.8) is 0 Å². The number of anilines is 1. The van der Waals surface area contributed by atoms with Crippen LogP contribution < -0.4 is 4.90 Å². The fourth-order valence-corrected chi connectivity index (χ4v) is 3.35. The Bertz CT molecular complexity index is 728. The Hall–Kier alpha value is -2.20. The van der Waals surface area contributed by atoms with Crippen LogP contribution in [0.1, 0.15) is 33.6 Å². The van der Waals surface area contributed by atoms with Crippen molar-refractivity contribution in [3.05, 3.63) is 57.8 Å². The van der Waals surface area contributed by atoms with Gasteiger partial charge < -0.3 is 4.90 Å². The number of carbonyl (C=O) groups is 2. The molecule has 2 aromatic rings. The summed E-state index contributed by atoms with van der Waals surface area (Å²) in [6.45, 7) is 2.80. The molecule has 0 aliphatic carbocycles. The normalized spacial score (nSPS) is 15.0. The maximum Gasteiger partial charge on any atom is 0.227 e. The van der Waals surface area contributed by atoms with Crippen LogP contribution in [-0.2, 0) is 4.79 Å². The number of thiophene rings is 1. The van der Waals surface area contributed by atoms with Gasteiger partial charge in [-0.15, -0.1) is 11.3 Å². The maximum absolute atomic E-state index is 12.2. The molecule has 1 fully saturated rings. The molecule has 22 heavy (non-hydrogen) atoms. The second kappa shape index (κ2) is 6.28. The molecule has 1 aliphatic heterocycles. The van der Waals surface area contributed by atoms with Crippen LogP contribution in [0.4, 0.5) is 5.69 Å². The van der Waals surface area contributed by atoms with E-state index in [2.05, 4.69) is 0 Å². The number of rotatable bonds is 4. The summed E-state index contributed by atoms with van der Waals surface area (Å²) >= 11 is 1.62. The summed E-state index contributed by atoms with van der Waals surface area (Å²) in [5.74, 6) is 0.138. The van der Waals surface area contributed by atoms with Gasteiger partial charge in [0.25, 0.3) is 0 Å². The zero-order valence-electron chi connectivity index (χ0n) is 12.4. The van der Waals surface area contributed by atoms with E-state index < -0.39 is 0 Å². The predicted octanol–water partition coefficient (Wildman–Crippen LogP) is 4.08. The van der Waals surface area contributed by atoms with Crippen LogP contribution in [0.25, 0.3) is 6.08 Å². The van der Waals surface area contributed by atoms with E-state index in [9.17, 15) is 9.59 Å². The molecular formula is C18H17NO2S. The summed E-state index contributed by atoms with van der Waals surface area (Å²) in [5, 5.41) is 2.02. The van der Waals surface area contributed by atoms with Crippen molar-refractivity contribution < 1.29 is 9.59 Å². The Labute approximate surface area is 133 Å². The van der Waals surface area contributed by atoms with Crippen LogP contribution in [0.5, 0.6) is 0 Å². The number of benzene rings is 1. The van der Waals surface area contributed by atoms with Crippen LogP contribution in [0, 0.1) is 6.92 Å². The molecule has 4 heteroatoms. The summed E-state index contributed by atoms with van der Waals surface area (Å²) in [6, 6.07) is 9.31. The van der Waals surface area contributed by atoms with E-state index in [1.54, 1.807) is 34.4 Å². The molecule has 0 radical (unpaired) electrons. The molecule has 1 aromatic heterocycles. The lowest BCUT2D eigenvalue weighted by Gasteiger charge is -2.15. The summed E-state index contributed by atoms with van der Waals surface area (Å²) in [6.07, 6.45) is 4.99. The molecular weight excluding hydrogens is 294 g/mol. The minimum Gasteiger partial charge on any atom is -0.312 e.